The number of hydrogen-bond acceptors (Lipinski definition) is 3. The minimum atomic E-state index is -0.292. The minimum absolute atomic E-state index is 0.244. The molecule has 0 atom stereocenters. The lowest BCUT2D eigenvalue weighted by molar-refractivity contribution is 0.0964. The molecule has 1 aliphatic rings. The van der Waals surface area contributed by atoms with Crippen molar-refractivity contribution in [3.63, 3.8) is 0 Å². The molecule has 136 valence electrons. The van der Waals surface area contributed by atoms with Gasteiger partial charge in [0.25, 0.3) is 11.8 Å². The van der Waals surface area contributed by atoms with E-state index in [2.05, 4.69) is 15.7 Å². The van der Waals surface area contributed by atoms with Gasteiger partial charge in [-0.25, -0.2) is 4.68 Å². The largest absolute Gasteiger partial charge is 0.355 e. The van der Waals surface area contributed by atoms with Gasteiger partial charge in [0.05, 0.1) is 16.9 Å². The Bertz CT molecular complexity index is 1010. The van der Waals surface area contributed by atoms with Crippen LogP contribution in [0.4, 0.5) is 5.69 Å². The van der Waals surface area contributed by atoms with Crippen molar-refractivity contribution in [2.45, 2.75) is 19.3 Å². The number of amides is 2. The Morgan fingerprint density at radius 3 is 2.48 bits per heavy atom. The van der Waals surface area contributed by atoms with Crippen molar-refractivity contribution in [1.82, 2.24) is 15.1 Å². The third-order valence-corrected chi connectivity index (χ3v) is 4.79. The molecule has 2 N–H and O–H groups in total. The highest BCUT2D eigenvalue weighted by Crippen LogP contribution is 2.28. The molecule has 6 heteroatoms. The van der Waals surface area contributed by atoms with Gasteiger partial charge in [-0.2, -0.15) is 5.10 Å². The number of fused-ring (bicyclic) bond motifs is 1. The van der Waals surface area contributed by atoms with Gasteiger partial charge in [0, 0.05) is 18.3 Å². The zero-order valence-corrected chi connectivity index (χ0v) is 15.0. The first kappa shape index (κ1) is 17.0. The summed E-state index contributed by atoms with van der Waals surface area (Å²) in [6, 6.07) is 16.8. The van der Waals surface area contributed by atoms with Crippen LogP contribution in [0, 0.1) is 0 Å². The zero-order chi connectivity index (χ0) is 18.8. The van der Waals surface area contributed by atoms with E-state index >= 15 is 0 Å². The van der Waals surface area contributed by atoms with Crippen molar-refractivity contribution in [3.05, 3.63) is 77.1 Å². The van der Waals surface area contributed by atoms with Gasteiger partial charge in [0.15, 0.2) is 5.69 Å². The van der Waals surface area contributed by atoms with Crippen LogP contribution in [0.3, 0.4) is 0 Å². The van der Waals surface area contributed by atoms with E-state index < -0.39 is 0 Å². The molecule has 0 fully saturated rings. The maximum Gasteiger partial charge on any atom is 0.276 e. The second kappa shape index (κ2) is 7.07. The summed E-state index contributed by atoms with van der Waals surface area (Å²) < 4.78 is 1.86. The lowest BCUT2D eigenvalue weighted by Gasteiger charge is -2.09. The van der Waals surface area contributed by atoms with Crippen LogP contribution in [0.2, 0.25) is 0 Å². The van der Waals surface area contributed by atoms with Gasteiger partial charge in [-0.05, 0) is 43.5 Å². The number of carbonyl (C=O) groups excluding carboxylic acids is 2. The van der Waals surface area contributed by atoms with Crippen molar-refractivity contribution in [3.8, 4) is 5.69 Å². The van der Waals surface area contributed by atoms with E-state index in [-0.39, 0.29) is 11.8 Å². The fourth-order valence-electron chi connectivity index (χ4n) is 3.51. The molecule has 0 aliphatic heterocycles. The van der Waals surface area contributed by atoms with Gasteiger partial charge < -0.3 is 10.6 Å². The summed E-state index contributed by atoms with van der Waals surface area (Å²) in [6.07, 6.45) is 2.75. The molecular weight excluding hydrogens is 340 g/mol. The highest BCUT2D eigenvalue weighted by atomic mass is 16.2. The third-order valence-electron chi connectivity index (χ3n) is 4.79. The van der Waals surface area contributed by atoms with Crippen LogP contribution in [0.15, 0.2) is 54.6 Å². The fourth-order valence-corrected chi connectivity index (χ4v) is 3.51. The molecule has 1 heterocycles. The van der Waals surface area contributed by atoms with Gasteiger partial charge >= 0.3 is 0 Å². The van der Waals surface area contributed by atoms with Crippen molar-refractivity contribution in [2.24, 2.45) is 0 Å². The molecule has 6 nitrogen and oxygen atoms in total. The number of nitrogens with zero attached hydrogens (tertiary/aromatic N) is 2. The first-order chi connectivity index (χ1) is 13.2. The van der Waals surface area contributed by atoms with E-state index in [0.717, 1.165) is 36.2 Å². The molecule has 0 unspecified atom stereocenters. The lowest BCUT2D eigenvalue weighted by Crippen LogP contribution is -2.22. The van der Waals surface area contributed by atoms with E-state index in [1.807, 2.05) is 35.0 Å². The number of aromatic nitrogens is 2. The Morgan fingerprint density at radius 1 is 0.963 bits per heavy atom. The molecule has 2 amide bonds. The van der Waals surface area contributed by atoms with Crippen molar-refractivity contribution >= 4 is 17.5 Å². The number of carbonyl (C=O) groups is 2. The van der Waals surface area contributed by atoms with Crippen molar-refractivity contribution in [2.75, 3.05) is 12.4 Å². The summed E-state index contributed by atoms with van der Waals surface area (Å²) in [7, 11) is 1.56. The molecule has 0 saturated heterocycles. The molecule has 1 aliphatic carbocycles. The summed E-state index contributed by atoms with van der Waals surface area (Å²) >= 11 is 0. The third kappa shape index (κ3) is 3.10. The summed E-state index contributed by atoms with van der Waals surface area (Å²) in [5, 5.41) is 10.0. The molecule has 0 bridgehead atoms. The number of rotatable bonds is 4. The minimum Gasteiger partial charge on any atom is -0.355 e. The monoisotopic (exact) mass is 360 g/mol. The molecular formula is C21H20N4O2. The maximum absolute atomic E-state index is 13.0. The molecule has 27 heavy (non-hydrogen) atoms. The van der Waals surface area contributed by atoms with Gasteiger partial charge in [0.2, 0.25) is 0 Å². The van der Waals surface area contributed by atoms with Gasteiger partial charge in [0.1, 0.15) is 0 Å². The van der Waals surface area contributed by atoms with Crippen LogP contribution >= 0.6 is 0 Å². The molecule has 0 spiro atoms. The van der Waals surface area contributed by atoms with Crippen LogP contribution in [0.5, 0.6) is 0 Å². The highest BCUT2D eigenvalue weighted by molar-refractivity contribution is 6.08. The SMILES string of the molecule is CNC(=O)c1ccccc1NC(=O)c1nn(-c2ccccc2)c2c1CCC2. The predicted molar refractivity (Wildman–Crippen MR) is 103 cm³/mol. The number of anilines is 1. The second-order valence-electron chi connectivity index (χ2n) is 6.45. The Balaban J connectivity index is 1.69. The summed E-state index contributed by atoms with van der Waals surface area (Å²) in [4.78, 5) is 25.0. The summed E-state index contributed by atoms with van der Waals surface area (Å²) in [6.45, 7) is 0. The first-order valence-corrected chi connectivity index (χ1v) is 8.97. The van der Waals surface area contributed by atoms with E-state index in [0.29, 0.717) is 16.9 Å². The number of hydrogen-bond donors (Lipinski definition) is 2. The number of benzene rings is 2. The van der Waals surface area contributed by atoms with E-state index in [1.165, 1.54) is 0 Å². The molecule has 0 radical (unpaired) electrons. The Labute approximate surface area is 157 Å². The van der Waals surface area contributed by atoms with Gasteiger partial charge in [-0.1, -0.05) is 30.3 Å². The maximum atomic E-state index is 13.0. The Kier molecular flexibility index (Phi) is 4.46. The average molecular weight is 360 g/mol. The normalized spacial score (nSPS) is 12.5. The standard InChI is InChI=1S/C21H20N4O2/c1-22-20(26)15-10-5-6-12-17(15)23-21(27)19-16-11-7-13-18(16)25(24-19)14-8-3-2-4-9-14/h2-6,8-10,12H,7,11,13H2,1H3,(H,22,26)(H,23,27). The molecule has 4 rings (SSSR count). The van der Waals surface area contributed by atoms with Crippen molar-refractivity contribution < 1.29 is 9.59 Å². The van der Waals surface area contributed by atoms with E-state index in [1.54, 1.807) is 31.3 Å². The number of para-hydroxylation sites is 2. The first-order valence-electron chi connectivity index (χ1n) is 8.97. The average Bonchev–Trinajstić information content (AvgIpc) is 3.31. The Hall–Kier alpha value is -3.41. The van der Waals surface area contributed by atoms with Crippen LogP contribution in [-0.2, 0) is 12.8 Å². The molecule has 3 aromatic rings. The molecule has 1 aromatic heterocycles. The quantitative estimate of drug-likeness (QED) is 0.751. The van der Waals surface area contributed by atoms with Crippen LogP contribution in [-0.4, -0.2) is 28.6 Å². The molecule has 0 saturated carbocycles. The lowest BCUT2D eigenvalue weighted by atomic mass is 10.1. The van der Waals surface area contributed by atoms with Crippen LogP contribution in [0.25, 0.3) is 5.69 Å². The highest BCUT2D eigenvalue weighted by Gasteiger charge is 2.27. The van der Waals surface area contributed by atoms with Gasteiger partial charge in [-0.15, -0.1) is 0 Å². The second-order valence-corrected chi connectivity index (χ2v) is 6.45. The van der Waals surface area contributed by atoms with Crippen LogP contribution in [0.1, 0.15) is 38.5 Å². The van der Waals surface area contributed by atoms with Gasteiger partial charge in [-0.3, -0.25) is 9.59 Å². The topological polar surface area (TPSA) is 76.0 Å². The summed E-state index contributed by atoms with van der Waals surface area (Å²) in [5.41, 5.74) is 4.36. The zero-order valence-electron chi connectivity index (χ0n) is 15.0. The summed E-state index contributed by atoms with van der Waals surface area (Å²) in [5.74, 6) is -0.537. The van der Waals surface area contributed by atoms with Crippen molar-refractivity contribution in [1.29, 1.82) is 0 Å². The van der Waals surface area contributed by atoms with Crippen LogP contribution < -0.4 is 10.6 Å². The molecule has 2 aromatic carbocycles. The Morgan fingerprint density at radius 2 is 1.70 bits per heavy atom. The number of nitrogens with one attached hydrogen (secondary N) is 2. The van der Waals surface area contributed by atoms with E-state index in [4.69, 9.17) is 0 Å². The smallest absolute Gasteiger partial charge is 0.276 e. The fraction of sp³-hybridized carbons (Fsp3) is 0.190. The predicted octanol–water partition coefficient (Wildman–Crippen LogP) is 2.97. The van der Waals surface area contributed by atoms with E-state index in [9.17, 15) is 9.59 Å².